The molecule has 37 heavy (non-hydrogen) atoms. The molecule has 0 saturated carbocycles. The van der Waals surface area contributed by atoms with Crippen LogP contribution in [0.15, 0.2) is 60.2 Å². The number of para-hydroxylation sites is 2. The topological polar surface area (TPSA) is 78.0 Å². The highest BCUT2D eigenvalue weighted by atomic mass is 32.1. The number of amides is 1. The van der Waals surface area contributed by atoms with Crippen LogP contribution in [-0.4, -0.2) is 56.4 Å². The number of piperidine rings is 2. The molecule has 2 saturated heterocycles. The number of fused-ring (bicyclic) bond motifs is 1. The van der Waals surface area contributed by atoms with Crippen LogP contribution in [0.2, 0.25) is 0 Å². The van der Waals surface area contributed by atoms with Crippen molar-refractivity contribution in [1.29, 1.82) is 5.26 Å². The van der Waals surface area contributed by atoms with Crippen molar-refractivity contribution < 1.29 is 4.79 Å². The molecule has 188 valence electrons. The fourth-order valence-electron chi connectivity index (χ4n) is 5.63. The van der Waals surface area contributed by atoms with Crippen molar-refractivity contribution in [2.45, 2.75) is 44.2 Å². The Kier molecular flexibility index (Phi) is 6.73. The second-order valence-electron chi connectivity index (χ2n) is 10.1. The number of imidazole rings is 1. The molecule has 2 aliphatic rings. The minimum absolute atomic E-state index is 0.0645. The van der Waals surface area contributed by atoms with E-state index in [2.05, 4.69) is 32.7 Å². The molecule has 7 nitrogen and oxygen atoms in total. The van der Waals surface area contributed by atoms with Gasteiger partial charge in [0.25, 0.3) is 5.91 Å². The number of aromatic nitrogens is 3. The number of nitriles is 1. The number of nitrogens with zero attached hydrogens (tertiary/aromatic N) is 6. The Morgan fingerprint density at radius 2 is 1.76 bits per heavy atom. The smallest absolute Gasteiger partial charge is 0.273 e. The van der Waals surface area contributed by atoms with Crippen molar-refractivity contribution in [3.63, 3.8) is 0 Å². The van der Waals surface area contributed by atoms with Crippen LogP contribution in [0.5, 0.6) is 0 Å². The van der Waals surface area contributed by atoms with E-state index in [0.717, 1.165) is 68.9 Å². The average molecular weight is 511 g/mol. The van der Waals surface area contributed by atoms with Gasteiger partial charge in [-0.1, -0.05) is 24.3 Å². The monoisotopic (exact) mass is 510 g/mol. The van der Waals surface area contributed by atoms with Gasteiger partial charge in [-0.3, -0.25) is 9.69 Å². The van der Waals surface area contributed by atoms with E-state index in [1.807, 2.05) is 53.0 Å². The first kappa shape index (κ1) is 23.8. The summed E-state index contributed by atoms with van der Waals surface area (Å²) in [6.45, 7) is 4.44. The quantitative estimate of drug-likeness (QED) is 0.368. The summed E-state index contributed by atoms with van der Waals surface area (Å²) in [5, 5.41) is 12.0. The Bertz CT molecular complexity index is 1420. The Hall–Kier alpha value is -3.54. The summed E-state index contributed by atoms with van der Waals surface area (Å²) < 4.78 is 2.27. The minimum Gasteiger partial charge on any atom is -0.337 e. The Morgan fingerprint density at radius 1 is 1.00 bits per heavy atom. The van der Waals surface area contributed by atoms with E-state index in [9.17, 15) is 4.79 Å². The van der Waals surface area contributed by atoms with Crippen LogP contribution in [-0.2, 0) is 6.54 Å². The number of likely N-dealkylation sites (tertiary alicyclic amines) is 2. The summed E-state index contributed by atoms with van der Waals surface area (Å²) in [5.74, 6) is 0.485. The highest BCUT2D eigenvalue weighted by molar-refractivity contribution is 7.09. The fourth-order valence-corrected chi connectivity index (χ4v) is 6.60. The molecule has 2 fully saturated rings. The number of hydrogen-bond acceptors (Lipinski definition) is 6. The first-order valence-corrected chi connectivity index (χ1v) is 13.9. The zero-order chi connectivity index (χ0) is 25.2. The van der Waals surface area contributed by atoms with Gasteiger partial charge in [0.2, 0.25) is 0 Å². The van der Waals surface area contributed by atoms with Crippen LogP contribution in [0, 0.1) is 11.3 Å². The number of thiazole rings is 1. The largest absolute Gasteiger partial charge is 0.337 e. The lowest BCUT2D eigenvalue weighted by atomic mass is 9.97. The SMILES string of the molecule is N#Cc1ccc(CN2CCC(c3nc(C(=O)N4CCC(n5cnc6ccccc65)CC4)cs3)CC2)cc1. The third kappa shape index (κ3) is 5.02. The van der Waals surface area contributed by atoms with Crippen LogP contribution in [0.4, 0.5) is 0 Å². The number of carbonyl (C=O) groups excluding carboxylic acids is 1. The van der Waals surface area contributed by atoms with Crippen molar-refractivity contribution in [3.05, 3.63) is 82.1 Å². The molecule has 2 aliphatic heterocycles. The second kappa shape index (κ2) is 10.4. The summed E-state index contributed by atoms with van der Waals surface area (Å²) in [6, 6.07) is 18.6. The van der Waals surface area contributed by atoms with Crippen LogP contribution in [0.3, 0.4) is 0 Å². The summed E-state index contributed by atoms with van der Waals surface area (Å²) in [6.07, 6.45) is 5.92. The van der Waals surface area contributed by atoms with Gasteiger partial charge in [-0.25, -0.2) is 9.97 Å². The minimum atomic E-state index is 0.0645. The van der Waals surface area contributed by atoms with E-state index < -0.39 is 0 Å². The van der Waals surface area contributed by atoms with E-state index in [-0.39, 0.29) is 5.91 Å². The molecule has 1 amide bonds. The standard InChI is InChI=1S/C29H30N6OS/c30-17-21-5-7-22(8-6-21)18-33-13-9-23(10-14-33)28-32-26(19-37-28)29(36)34-15-11-24(12-16-34)35-20-31-25-3-1-2-4-27(25)35/h1-8,19-20,23-24H,9-16,18H2. The normalized spacial score (nSPS) is 17.8. The zero-order valence-electron chi connectivity index (χ0n) is 20.8. The van der Waals surface area contributed by atoms with Gasteiger partial charge in [0.15, 0.2) is 0 Å². The van der Waals surface area contributed by atoms with Crippen molar-refractivity contribution >= 4 is 28.3 Å². The van der Waals surface area contributed by atoms with Gasteiger partial charge in [0.05, 0.1) is 34.0 Å². The molecule has 0 N–H and O–H groups in total. The molecule has 6 rings (SSSR count). The molecular formula is C29H30N6OS. The Labute approximate surface area is 221 Å². The lowest BCUT2D eigenvalue weighted by Crippen LogP contribution is -2.39. The maximum Gasteiger partial charge on any atom is 0.273 e. The van der Waals surface area contributed by atoms with Gasteiger partial charge in [-0.2, -0.15) is 5.26 Å². The molecule has 0 atom stereocenters. The lowest BCUT2D eigenvalue weighted by Gasteiger charge is -2.32. The summed E-state index contributed by atoms with van der Waals surface area (Å²) in [7, 11) is 0. The van der Waals surface area contributed by atoms with Crippen LogP contribution in [0.1, 0.15) is 64.3 Å². The van der Waals surface area contributed by atoms with Crippen molar-refractivity contribution in [2.75, 3.05) is 26.2 Å². The summed E-state index contributed by atoms with van der Waals surface area (Å²) in [5.41, 5.74) is 4.74. The highest BCUT2D eigenvalue weighted by Crippen LogP contribution is 2.32. The summed E-state index contributed by atoms with van der Waals surface area (Å²) >= 11 is 1.64. The summed E-state index contributed by atoms with van der Waals surface area (Å²) in [4.78, 5) is 27.0. The van der Waals surface area contributed by atoms with Crippen molar-refractivity contribution in [3.8, 4) is 6.07 Å². The van der Waals surface area contributed by atoms with Crippen molar-refractivity contribution in [1.82, 2.24) is 24.3 Å². The van der Waals surface area contributed by atoms with E-state index >= 15 is 0 Å². The second-order valence-corrected chi connectivity index (χ2v) is 11.0. The number of hydrogen-bond donors (Lipinski definition) is 0. The first-order valence-electron chi connectivity index (χ1n) is 13.1. The van der Waals surface area contributed by atoms with E-state index in [4.69, 9.17) is 10.2 Å². The third-order valence-corrected chi connectivity index (χ3v) is 8.80. The molecule has 8 heteroatoms. The Balaban J connectivity index is 1.02. The lowest BCUT2D eigenvalue weighted by molar-refractivity contribution is 0.0690. The third-order valence-electron chi connectivity index (χ3n) is 7.79. The molecule has 4 aromatic rings. The molecule has 2 aromatic carbocycles. The fraction of sp³-hybridized carbons (Fsp3) is 0.379. The predicted molar refractivity (Wildman–Crippen MR) is 144 cm³/mol. The van der Waals surface area contributed by atoms with Crippen molar-refractivity contribution in [2.24, 2.45) is 0 Å². The maximum absolute atomic E-state index is 13.2. The molecule has 2 aromatic heterocycles. The number of rotatable bonds is 5. The Morgan fingerprint density at radius 3 is 2.51 bits per heavy atom. The first-order chi connectivity index (χ1) is 18.2. The van der Waals surface area contributed by atoms with Crippen LogP contribution < -0.4 is 0 Å². The van der Waals surface area contributed by atoms with Gasteiger partial charge in [-0.05, 0) is 68.6 Å². The van der Waals surface area contributed by atoms with Gasteiger partial charge >= 0.3 is 0 Å². The highest BCUT2D eigenvalue weighted by Gasteiger charge is 2.28. The van der Waals surface area contributed by atoms with E-state index in [1.54, 1.807) is 11.3 Å². The van der Waals surface area contributed by atoms with E-state index in [1.165, 1.54) is 11.1 Å². The molecule has 0 unspecified atom stereocenters. The number of carbonyl (C=O) groups is 1. The molecule has 0 radical (unpaired) electrons. The van der Waals surface area contributed by atoms with Crippen LogP contribution >= 0.6 is 11.3 Å². The maximum atomic E-state index is 13.2. The molecule has 0 aliphatic carbocycles. The molecule has 0 spiro atoms. The van der Waals surface area contributed by atoms with Crippen LogP contribution in [0.25, 0.3) is 11.0 Å². The molecular weight excluding hydrogens is 480 g/mol. The number of benzene rings is 2. The van der Waals surface area contributed by atoms with Gasteiger partial charge in [0.1, 0.15) is 5.69 Å². The van der Waals surface area contributed by atoms with Gasteiger partial charge < -0.3 is 9.47 Å². The van der Waals surface area contributed by atoms with E-state index in [0.29, 0.717) is 23.2 Å². The zero-order valence-corrected chi connectivity index (χ0v) is 21.6. The predicted octanol–water partition coefficient (Wildman–Crippen LogP) is 5.22. The van der Waals surface area contributed by atoms with Gasteiger partial charge in [0, 0.05) is 37.0 Å². The molecule has 4 heterocycles. The van der Waals surface area contributed by atoms with Gasteiger partial charge in [-0.15, -0.1) is 11.3 Å². The average Bonchev–Trinajstić information content (AvgIpc) is 3.62. The molecule has 0 bridgehead atoms.